The fourth-order valence-corrected chi connectivity index (χ4v) is 3.71. The number of H-pyrrole nitrogens is 1. The number of aromatic amines is 1. The molecule has 1 aromatic heterocycles. The van der Waals surface area contributed by atoms with Crippen LogP contribution in [0.25, 0.3) is 22.2 Å². The summed E-state index contributed by atoms with van der Waals surface area (Å²) in [5, 5.41) is 11.6. The van der Waals surface area contributed by atoms with Crippen LogP contribution in [0.1, 0.15) is 31.7 Å². The largest absolute Gasteiger partial charge is 0.326 e. The first-order valence-corrected chi connectivity index (χ1v) is 10.1. The van der Waals surface area contributed by atoms with E-state index in [1.165, 1.54) is 0 Å². The van der Waals surface area contributed by atoms with Crippen LogP contribution in [0.3, 0.4) is 0 Å². The molecule has 0 spiro atoms. The Kier molecular flexibility index (Phi) is 5.38. The zero-order valence-corrected chi connectivity index (χ0v) is 17.2. The van der Waals surface area contributed by atoms with Gasteiger partial charge in [-0.3, -0.25) is 9.89 Å². The number of carbonyl (C=O) groups excluding carboxylic acids is 1. The minimum absolute atomic E-state index is 0.0659. The minimum atomic E-state index is -0.465. The van der Waals surface area contributed by atoms with Crippen molar-refractivity contribution in [3.05, 3.63) is 84.4 Å². The molecule has 5 heteroatoms. The third kappa shape index (κ3) is 4.42. The summed E-state index contributed by atoms with van der Waals surface area (Å²) in [7, 11) is 0. The Bertz CT molecular complexity index is 1140. The molecule has 1 amide bonds. The summed E-state index contributed by atoms with van der Waals surface area (Å²) in [5.74, 6) is -0.399. The van der Waals surface area contributed by atoms with Gasteiger partial charge in [0.05, 0.1) is 17.1 Å². The van der Waals surface area contributed by atoms with Gasteiger partial charge in [-0.15, -0.1) is 0 Å². The summed E-state index contributed by atoms with van der Waals surface area (Å²) >= 11 is 0. The molecule has 0 aliphatic rings. The maximum atomic E-state index is 13.2. The van der Waals surface area contributed by atoms with Crippen LogP contribution in [0.4, 0.5) is 5.69 Å². The monoisotopic (exact) mass is 398 g/mol. The lowest BCUT2D eigenvalue weighted by Crippen LogP contribution is -2.37. The van der Waals surface area contributed by atoms with Gasteiger partial charge in [0, 0.05) is 22.2 Å². The molecule has 1 atom stereocenters. The smallest absolute Gasteiger partial charge is 0.231 e. The Hall–Kier alpha value is -3.44. The van der Waals surface area contributed by atoms with E-state index in [1.54, 1.807) is 0 Å². The fourth-order valence-electron chi connectivity index (χ4n) is 3.71. The Morgan fingerprint density at radius 2 is 1.70 bits per heavy atom. The molecule has 0 saturated heterocycles. The molecule has 30 heavy (non-hydrogen) atoms. The highest BCUT2D eigenvalue weighted by molar-refractivity contribution is 6.00. The second-order valence-electron chi connectivity index (χ2n) is 8.34. The van der Waals surface area contributed by atoms with E-state index in [-0.39, 0.29) is 11.8 Å². The maximum absolute atomic E-state index is 13.2. The predicted octanol–water partition coefficient (Wildman–Crippen LogP) is 5.08. The van der Waals surface area contributed by atoms with Crippen LogP contribution < -0.4 is 11.1 Å². The Balaban J connectivity index is 1.64. The molecular formula is C25H26N4O. The van der Waals surface area contributed by atoms with Crippen LogP contribution in [-0.4, -0.2) is 21.6 Å². The highest BCUT2D eigenvalue weighted by Crippen LogP contribution is 2.30. The molecular weight excluding hydrogens is 372 g/mol. The molecule has 0 fully saturated rings. The van der Waals surface area contributed by atoms with Crippen molar-refractivity contribution in [2.24, 2.45) is 5.73 Å². The summed E-state index contributed by atoms with van der Waals surface area (Å²) in [4.78, 5) is 13.2. The van der Waals surface area contributed by atoms with Crippen molar-refractivity contribution in [3.63, 3.8) is 0 Å². The standard InChI is InChI=1S/C25H26N4O/c1-25(2,26)16-21(17-9-5-3-6-10-17)24(30)27-19-13-14-22-20(15-19)23(29-28-22)18-11-7-4-8-12-18/h3-15,21H,16,26H2,1-2H3,(H,27,30)(H,28,29). The van der Waals surface area contributed by atoms with Gasteiger partial charge < -0.3 is 11.1 Å². The second-order valence-corrected chi connectivity index (χ2v) is 8.34. The van der Waals surface area contributed by atoms with Crippen LogP contribution in [0.5, 0.6) is 0 Å². The van der Waals surface area contributed by atoms with Gasteiger partial charge in [-0.05, 0) is 44.0 Å². The molecule has 4 rings (SSSR count). The van der Waals surface area contributed by atoms with Crippen LogP contribution in [0.2, 0.25) is 0 Å². The normalized spacial score (nSPS) is 12.6. The van der Waals surface area contributed by atoms with Gasteiger partial charge in [0.25, 0.3) is 0 Å². The fraction of sp³-hybridized carbons (Fsp3) is 0.200. The van der Waals surface area contributed by atoms with E-state index in [2.05, 4.69) is 15.5 Å². The van der Waals surface area contributed by atoms with E-state index >= 15 is 0 Å². The van der Waals surface area contributed by atoms with Crippen molar-refractivity contribution >= 4 is 22.5 Å². The third-order valence-corrected chi connectivity index (χ3v) is 5.13. The Morgan fingerprint density at radius 3 is 2.37 bits per heavy atom. The van der Waals surface area contributed by atoms with Crippen molar-refractivity contribution in [1.82, 2.24) is 10.2 Å². The lowest BCUT2D eigenvalue weighted by molar-refractivity contribution is -0.118. The zero-order chi connectivity index (χ0) is 21.1. The first kappa shape index (κ1) is 19.9. The quantitative estimate of drug-likeness (QED) is 0.423. The van der Waals surface area contributed by atoms with Gasteiger partial charge >= 0.3 is 0 Å². The van der Waals surface area contributed by atoms with Gasteiger partial charge in [0.1, 0.15) is 0 Å². The van der Waals surface area contributed by atoms with Crippen molar-refractivity contribution in [2.75, 3.05) is 5.32 Å². The Morgan fingerprint density at radius 1 is 1.03 bits per heavy atom. The maximum Gasteiger partial charge on any atom is 0.231 e. The summed E-state index contributed by atoms with van der Waals surface area (Å²) in [6.07, 6.45) is 0.548. The number of nitrogens with two attached hydrogens (primary N) is 1. The molecule has 0 radical (unpaired) electrons. The van der Waals surface area contributed by atoms with E-state index in [0.717, 1.165) is 33.4 Å². The molecule has 5 nitrogen and oxygen atoms in total. The number of anilines is 1. The van der Waals surface area contributed by atoms with Crippen LogP contribution in [0.15, 0.2) is 78.9 Å². The van der Waals surface area contributed by atoms with Gasteiger partial charge in [0.15, 0.2) is 0 Å². The summed E-state index contributed by atoms with van der Waals surface area (Å²) in [6, 6.07) is 25.6. The zero-order valence-electron chi connectivity index (χ0n) is 17.2. The highest BCUT2D eigenvalue weighted by atomic mass is 16.1. The summed E-state index contributed by atoms with van der Waals surface area (Å²) < 4.78 is 0. The highest BCUT2D eigenvalue weighted by Gasteiger charge is 2.27. The average Bonchev–Trinajstić information content (AvgIpc) is 3.16. The molecule has 3 aromatic carbocycles. The second kappa shape index (κ2) is 8.13. The first-order valence-electron chi connectivity index (χ1n) is 10.1. The number of benzene rings is 3. The number of amides is 1. The predicted molar refractivity (Wildman–Crippen MR) is 122 cm³/mol. The van der Waals surface area contributed by atoms with Crippen molar-refractivity contribution in [2.45, 2.75) is 31.7 Å². The number of hydrogen-bond donors (Lipinski definition) is 3. The number of rotatable bonds is 6. The van der Waals surface area contributed by atoms with Crippen molar-refractivity contribution in [3.8, 4) is 11.3 Å². The topological polar surface area (TPSA) is 83.8 Å². The molecule has 152 valence electrons. The molecule has 4 aromatic rings. The number of nitrogens with one attached hydrogen (secondary N) is 2. The van der Waals surface area contributed by atoms with E-state index in [4.69, 9.17) is 5.73 Å². The molecule has 0 aliphatic heterocycles. The van der Waals surface area contributed by atoms with Crippen molar-refractivity contribution in [1.29, 1.82) is 0 Å². The van der Waals surface area contributed by atoms with Crippen LogP contribution in [0, 0.1) is 0 Å². The lowest BCUT2D eigenvalue weighted by Gasteiger charge is -2.25. The number of fused-ring (bicyclic) bond motifs is 1. The van der Waals surface area contributed by atoms with E-state index in [0.29, 0.717) is 6.42 Å². The van der Waals surface area contributed by atoms with E-state index in [9.17, 15) is 4.79 Å². The lowest BCUT2D eigenvalue weighted by atomic mass is 9.86. The number of hydrogen-bond acceptors (Lipinski definition) is 3. The van der Waals surface area contributed by atoms with Crippen molar-refractivity contribution < 1.29 is 4.79 Å². The van der Waals surface area contributed by atoms with Crippen LogP contribution >= 0.6 is 0 Å². The number of aromatic nitrogens is 2. The van der Waals surface area contributed by atoms with Crippen LogP contribution in [-0.2, 0) is 4.79 Å². The van der Waals surface area contributed by atoms with Gasteiger partial charge in [0.2, 0.25) is 5.91 Å². The SMILES string of the molecule is CC(C)(N)CC(C(=O)Nc1ccc2[nH]nc(-c3ccccc3)c2c1)c1ccccc1. The van der Waals surface area contributed by atoms with Gasteiger partial charge in [-0.1, -0.05) is 60.7 Å². The average molecular weight is 399 g/mol. The first-order chi connectivity index (χ1) is 14.4. The van der Waals surface area contributed by atoms with E-state index in [1.807, 2.05) is 92.7 Å². The number of carbonyl (C=O) groups is 1. The summed E-state index contributed by atoms with van der Waals surface area (Å²) in [6.45, 7) is 3.89. The summed E-state index contributed by atoms with van der Waals surface area (Å²) in [5.41, 5.74) is 10.3. The Labute approximate surface area is 176 Å². The van der Waals surface area contributed by atoms with E-state index < -0.39 is 5.54 Å². The van der Waals surface area contributed by atoms with Gasteiger partial charge in [-0.25, -0.2) is 0 Å². The molecule has 0 saturated carbocycles. The molecule has 1 heterocycles. The van der Waals surface area contributed by atoms with Gasteiger partial charge in [-0.2, -0.15) is 5.10 Å². The molecule has 0 aliphatic carbocycles. The number of nitrogens with zero attached hydrogens (tertiary/aromatic N) is 1. The molecule has 0 bridgehead atoms. The molecule has 4 N–H and O–H groups in total. The minimum Gasteiger partial charge on any atom is -0.326 e. The molecule has 1 unspecified atom stereocenters. The third-order valence-electron chi connectivity index (χ3n) is 5.13.